The summed E-state index contributed by atoms with van der Waals surface area (Å²) in [4.78, 5) is 24.0. The topological polar surface area (TPSA) is 63.5 Å². The number of hydrogen-bond donors (Lipinski definition) is 0. The average Bonchev–Trinajstić information content (AvgIpc) is 2.64. The zero-order valence-electron chi connectivity index (χ0n) is 14.6. The standard InChI is InChI=1S/C19H17F3N2O3/c1-13(15-4-3-5-17(12-15)24(26)27)23(2)18(25)11-8-14-6-9-16(10-7-14)19(20,21)22/h3-13H,1-2H3/b11-8+. The summed E-state index contributed by atoms with van der Waals surface area (Å²) < 4.78 is 37.6. The number of halogens is 3. The zero-order chi connectivity index (χ0) is 20.2. The Balaban J connectivity index is 2.09. The number of nitro groups is 1. The molecule has 0 spiro atoms. The minimum atomic E-state index is -4.41. The van der Waals surface area contributed by atoms with Crippen LogP contribution in [0.2, 0.25) is 0 Å². The molecule has 0 N–H and O–H groups in total. The summed E-state index contributed by atoms with van der Waals surface area (Å²) in [6, 6.07) is 10.00. The zero-order valence-corrected chi connectivity index (χ0v) is 14.6. The van der Waals surface area contributed by atoms with E-state index in [2.05, 4.69) is 0 Å². The van der Waals surface area contributed by atoms with Crippen molar-refractivity contribution in [2.75, 3.05) is 7.05 Å². The maximum atomic E-state index is 12.5. The molecule has 0 saturated heterocycles. The number of rotatable bonds is 5. The summed E-state index contributed by atoms with van der Waals surface area (Å²) in [6.07, 6.45) is -1.75. The normalized spacial score (nSPS) is 12.8. The number of benzene rings is 2. The van der Waals surface area contributed by atoms with E-state index in [4.69, 9.17) is 0 Å². The summed E-state index contributed by atoms with van der Waals surface area (Å²) >= 11 is 0. The second-order valence-electron chi connectivity index (χ2n) is 5.93. The van der Waals surface area contributed by atoms with E-state index in [1.165, 1.54) is 41.3 Å². The lowest BCUT2D eigenvalue weighted by atomic mass is 10.1. The lowest BCUT2D eigenvalue weighted by Gasteiger charge is -2.24. The first-order chi connectivity index (χ1) is 12.6. The largest absolute Gasteiger partial charge is 0.416 e. The van der Waals surface area contributed by atoms with Crippen LogP contribution in [0.5, 0.6) is 0 Å². The number of non-ortho nitro benzene ring substituents is 1. The molecule has 1 unspecified atom stereocenters. The first-order valence-electron chi connectivity index (χ1n) is 7.96. The second-order valence-corrected chi connectivity index (χ2v) is 5.93. The van der Waals surface area contributed by atoms with E-state index in [-0.39, 0.29) is 11.6 Å². The Hall–Kier alpha value is -3.16. The number of nitro benzene ring substituents is 1. The van der Waals surface area contributed by atoms with Gasteiger partial charge in [0, 0.05) is 25.3 Å². The van der Waals surface area contributed by atoms with Crippen molar-refractivity contribution in [2.24, 2.45) is 0 Å². The molecule has 2 rings (SSSR count). The van der Waals surface area contributed by atoms with Gasteiger partial charge in [-0.2, -0.15) is 13.2 Å². The summed E-state index contributed by atoms with van der Waals surface area (Å²) in [5.74, 6) is -0.381. The molecule has 5 nitrogen and oxygen atoms in total. The highest BCUT2D eigenvalue weighted by Gasteiger charge is 2.29. The fourth-order valence-electron chi connectivity index (χ4n) is 2.38. The van der Waals surface area contributed by atoms with Gasteiger partial charge in [0.1, 0.15) is 0 Å². The monoisotopic (exact) mass is 378 g/mol. The first kappa shape index (κ1) is 20.2. The van der Waals surface area contributed by atoms with Gasteiger partial charge in [-0.15, -0.1) is 0 Å². The van der Waals surface area contributed by atoms with E-state index < -0.39 is 22.7 Å². The molecular formula is C19H17F3N2O3. The van der Waals surface area contributed by atoms with Crippen LogP contribution in [0.15, 0.2) is 54.6 Å². The number of carbonyl (C=O) groups is 1. The molecule has 2 aromatic carbocycles. The minimum Gasteiger partial charge on any atom is -0.335 e. The van der Waals surface area contributed by atoms with Crippen LogP contribution in [0.1, 0.15) is 29.7 Å². The maximum absolute atomic E-state index is 12.5. The number of hydrogen-bond acceptors (Lipinski definition) is 3. The Bertz CT molecular complexity index is 861. The molecule has 0 fully saturated rings. The minimum absolute atomic E-state index is 0.0690. The second kappa shape index (κ2) is 8.03. The number of nitrogens with zero attached hydrogens (tertiary/aromatic N) is 2. The predicted octanol–water partition coefficient (Wildman–Crippen LogP) is 4.85. The third kappa shape index (κ3) is 5.16. The highest BCUT2D eigenvalue weighted by molar-refractivity contribution is 5.91. The van der Waals surface area contributed by atoms with Gasteiger partial charge in [0.15, 0.2) is 0 Å². The van der Waals surface area contributed by atoms with Crippen LogP contribution in [0.3, 0.4) is 0 Å². The molecule has 0 radical (unpaired) electrons. The molecule has 1 amide bonds. The summed E-state index contributed by atoms with van der Waals surface area (Å²) in [5.41, 5.74) is 0.221. The van der Waals surface area contributed by atoms with Crippen LogP contribution in [-0.2, 0) is 11.0 Å². The molecule has 0 aliphatic rings. The van der Waals surface area contributed by atoms with Crippen LogP contribution in [0.4, 0.5) is 18.9 Å². The summed E-state index contributed by atoms with van der Waals surface area (Å²) in [5, 5.41) is 10.9. The fraction of sp³-hybridized carbons (Fsp3) is 0.211. The van der Waals surface area contributed by atoms with Crippen molar-refractivity contribution in [1.29, 1.82) is 0 Å². The van der Waals surface area contributed by atoms with Gasteiger partial charge in [-0.1, -0.05) is 24.3 Å². The smallest absolute Gasteiger partial charge is 0.335 e. The highest BCUT2D eigenvalue weighted by Crippen LogP contribution is 2.29. The molecule has 0 heterocycles. The van der Waals surface area contributed by atoms with Crippen LogP contribution in [0.25, 0.3) is 6.08 Å². The molecule has 0 saturated carbocycles. The van der Waals surface area contributed by atoms with E-state index in [1.54, 1.807) is 26.1 Å². The summed E-state index contributed by atoms with van der Waals surface area (Å²) in [7, 11) is 1.54. The van der Waals surface area contributed by atoms with E-state index in [1.807, 2.05) is 0 Å². The van der Waals surface area contributed by atoms with Gasteiger partial charge in [-0.05, 0) is 36.3 Å². The maximum Gasteiger partial charge on any atom is 0.416 e. The Morgan fingerprint density at radius 2 is 1.81 bits per heavy atom. The molecule has 1 atom stereocenters. The van der Waals surface area contributed by atoms with Gasteiger partial charge in [0.25, 0.3) is 5.69 Å². The molecule has 2 aromatic rings. The molecule has 0 aromatic heterocycles. The van der Waals surface area contributed by atoms with Crippen LogP contribution in [0, 0.1) is 10.1 Å². The molecule has 8 heteroatoms. The van der Waals surface area contributed by atoms with Crippen LogP contribution >= 0.6 is 0 Å². The summed E-state index contributed by atoms with van der Waals surface area (Å²) in [6.45, 7) is 1.73. The van der Waals surface area contributed by atoms with Crippen molar-refractivity contribution < 1.29 is 22.9 Å². The van der Waals surface area contributed by atoms with Crippen molar-refractivity contribution in [3.05, 3.63) is 81.4 Å². The van der Waals surface area contributed by atoms with Gasteiger partial charge < -0.3 is 4.90 Å². The van der Waals surface area contributed by atoms with Crippen LogP contribution in [-0.4, -0.2) is 22.8 Å². The molecular weight excluding hydrogens is 361 g/mol. The van der Waals surface area contributed by atoms with Crippen molar-refractivity contribution in [2.45, 2.75) is 19.1 Å². The molecule has 142 valence electrons. The average molecular weight is 378 g/mol. The van der Waals surface area contributed by atoms with Crippen LogP contribution < -0.4 is 0 Å². The third-order valence-electron chi connectivity index (χ3n) is 4.15. The fourth-order valence-corrected chi connectivity index (χ4v) is 2.38. The van der Waals surface area contributed by atoms with Gasteiger partial charge in [0.2, 0.25) is 5.91 Å². The Morgan fingerprint density at radius 1 is 1.19 bits per heavy atom. The quantitative estimate of drug-likeness (QED) is 0.425. The third-order valence-corrected chi connectivity index (χ3v) is 4.15. The molecule has 0 aliphatic carbocycles. The Labute approximate surface area is 153 Å². The number of alkyl halides is 3. The Kier molecular flexibility index (Phi) is 5.99. The van der Waals surface area contributed by atoms with E-state index in [9.17, 15) is 28.1 Å². The predicted molar refractivity (Wildman–Crippen MR) is 94.8 cm³/mol. The first-order valence-corrected chi connectivity index (χ1v) is 7.96. The Morgan fingerprint density at radius 3 is 2.37 bits per heavy atom. The van der Waals surface area contributed by atoms with Gasteiger partial charge in [0.05, 0.1) is 16.5 Å². The van der Waals surface area contributed by atoms with Crippen molar-refractivity contribution in [1.82, 2.24) is 4.90 Å². The van der Waals surface area contributed by atoms with Gasteiger partial charge >= 0.3 is 6.18 Å². The van der Waals surface area contributed by atoms with E-state index >= 15 is 0 Å². The molecule has 0 bridgehead atoms. The van der Waals surface area contributed by atoms with Crippen molar-refractivity contribution >= 4 is 17.7 Å². The number of amides is 1. The van der Waals surface area contributed by atoms with Gasteiger partial charge in [-0.3, -0.25) is 14.9 Å². The van der Waals surface area contributed by atoms with Crippen molar-refractivity contribution in [3.63, 3.8) is 0 Å². The highest BCUT2D eigenvalue weighted by atomic mass is 19.4. The molecule has 0 aliphatic heterocycles. The van der Waals surface area contributed by atoms with Crippen molar-refractivity contribution in [3.8, 4) is 0 Å². The van der Waals surface area contributed by atoms with Gasteiger partial charge in [-0.25, -0.2) is 0 Å². The lowest BCUT2D eigenvalue weighted by Crippen LogP contribution is -2.28. The number of carbonyl (C=O) groups excluding carboxylic acids is 1. The van der Waals surface area contributed by atoms with E-state index in [0.717, 1.165) is 12.1 Å². The lowest BCUT2D eigenvalue weighted by molar-refractivity contribution is -0.384. The SMILES string of the molecule is CC(c1cccc([N+](=O)[O-])c1)N(C)C(=O)/C=C/c1ccc(C(F)(F)F)cc1. The molecule has 27 heavy (non-hydrogen) atoms. The van der Waals surface area contributed by atoms with E-state index in [0.29, 0.717) is 11.1 Å². The number of likely N-dealkylation sites (N-methyl/N-ethyl adjacent to an activating group) is 1.